The number of esters is 1. The van der Waals surface area contributed by atoms with E-state index in [1.165, 1.54) is 6.07 Å². The Bertz CT molecular complexity index is 1560. The van der Waals surface area contributed by atoms with E-state index in [0.29, 0.717) is 16.9 Å². The van der Waals surface area contributed by atoms with E-state index >= 15 is 0 Å². The predicted octanol–water partition coefficient (Wildman–Crippen LogP) is 4.74. The molecule has 7 heteroatoms. The summed E-state index contributed by atoms with van der Waals surface area (Å²) in [5.41, 5.74) is 2.15. The first-order chi connectivity index (χ1) is 16.5. The number of hydrogen-bond acceptors (Lipinski definition) is 7. The van der Waals surface area contributed by atoms with Gasteiger partial charge in [0.25, 0.3) is 0 Å². The molecule has 0 spiro atoms. The number of para-hydroxylation sites is 1. The first-order valence-electron chi connectivity index (χ1n) is 10.8. The molecular formula is C27H18O7. The SMILES string of the molecule is O=C1C[C@H](C2=Cc3ccccc3OC2)c2c(c(O)c(O)c3c(=O)cc(-c4ccccc4)oc23)O1. The normalized spacial score (nSPS) is 16.8. The van der Waals surface area contributed by atoms with Gasteiger partial charge in [0.2, 0.25) is 5.75 Å². The molecule has 6 rings (SSSR count). The van der Waals surface area contributed by atoms with Gasteiger partial charge in [0, 0.05) is 23.1 Å². The second kappa shape index (κ2) is 7.52. The maximum atomic E-state index is 13.1. The number of carbonyl (C=O) groups is 1. The number of phenolic OH excluding ortho intramolecular Hbond substituents is 2. The summed E-state index contributed by atoms with van der Waals surface area (Å²) >= 11 is 0. The Morgan fingerprint density at radius 3 is 2.50 bits per heavy atom. The van der Waals surface area contributed by atoms with Crippen LogP contribution in [0.3, 0.4) is 0 Å². The minimum atomic E-state index is -0.685. The summed E-state index contributed by atoms with van der Waals surface area (Å²) in [7, 11) is 0. The van der Waals surface area contributed by atoms with Gasteiger partial charge in [-0.05, 0) is 17.7 Å². The van der Waals surface area contributed by atoms with E-state index in [1.54, 1.807) is 12.1 Å². The van der Waals surface area contributed by atoms with E-state index in [2.05, 4.69) is 0 Å². The maximum Gasteiger partial charge on any atom is 0.312 e. The van der Waals surface area contributed by atoms with E-state index in [9.17, 15) is 19.8 Å². The Hall–Kier alpha value is -4.52. The van der Waals surface area contributed by atoms with Crippen LogP contribution in [0.15, 0.2) is 75.4 Å². The molecule has 168 valence electrons. The highest BCUT2D eigenvalue weighted by Gasteiger charge is 2.38. The number of phenols is 2. The molecule has 0 bridgehead atoms. The highest BCUT2D eigenvalue weighted by molar-refractivity contribution is 5.96. The zero-order valence-electron chi connectivity index (χ0n) is 17.8. The van der Waals surface area contributed by atoms with Gasteiger partial charge in [0.05, 0.1) is 12.0 Å². The lowest BCUT2D eigenvalue weighted by molar-refractivity contribution is -0.135. The van der Waals surface area contributed by atoms with Gasteiger partial charge in [-0.15, -0.1) is 0 Å². The zero-order valence-corrected chi connectivity index (χ0v) is 17.8. The van der Waals surface area contributed by atoms with Gasteiger partial charge in [-0.1, -0.05) is 48.5 Å². The quantitative estimate of drug-likeness (QED) is 0.256. The third-order valence-electron chi connectivity index (χ3n) is 6.21. The topological polar surface area (TPSA) is 106 Å². The van der Waals surface area contributed by atoms with E-state index in [-0.39, 0.29) is 29.7 Å². The lowest BCUT2D eigenvalue weighted by Crippen LogP contribution is -2.25. The summed E-state index contributed by atoms with van der Waals surface area (Å²) in [5, 5.41) is 21.1. The molecule has 3 aromatic carbocycles. The molecule has 0 amide bonds. The molecule has 0 aliphatic carbocycles. The summed E-state index contributed by atoms with van der Waals surface area (Å²) in [6, 6.07) is 17.8. The molecule has 0 radical (unpaired) electrons. The van der Waals surface area contributed by atoms with Crippen molar-refractivity contribution < 1.29 is 28.9 Å². The molecule has 2 N–H and O–H groups in total. The molecule has 0 saturated carbocycles. The van der Waals surface area contributed by atoms with Gasteiger partial charge in [0.1, 0.15) is 29.1 Å². The van der Waals surface area contributed by atoms with Crippen molar-refractivity contribution in [2.75, 3.05) is 6.61 Å². The van der Waals surface area contributed by atoms with Crippen LogP contribution >= 0.6 is 0 Å². The number of carbonyl (C=O) groups excluding carboxylic acids is 1. The Balaban J connectivity index is 1.65. The van der Waals surface area contributed by atoms with Crippen molar-refractivity contribution in [1.29, 1.82) is 0 Å². The van der Waals surface area contributed by atoms with Crippen LogP contribution in [0.25, 0.3) is 28.4 Å². The Morgan fingerprint density at radius 2 is 1.68 bits per heavy atom. The fourth-order valence-electron chi connectivity index (χ4n) is 4.60. The molecule has 1 aromatic heterocycles. The molecule has 0 unspecified atom stereocenters. The second-order valence-electron chi connectivity index (χ2n) is 8.26. The average molecular weight is 454 g/mol. The first-order valence-corrected chi connectivity index (χ1v) is 10.8. The van der Waals surface area contributed by atoms with Crippen LogP contribution in [0, 0.1) is 0 Å². The number of aromatic hydroxyl groups is 2. The third kappa shape index (κ3) is 3.05. The van der Waals surface area contributed by atoms with Crippen molar-refractivity contribution in [3.63, 3.8) is 0 Å². The molecule has 2 aliphatic rings. The van der Waals surface area contributed by atoms with Crippen molar-refractivity contribution in [2.24, 2.45) is 0 Å². The summed E-state index contributed by atoms with van der Waals surface area (Å²) < 4.78 is 17.4. The minimum Gasteiger partial charge on any atom is -0.504 e. The first kappa shape index (κ1) is 20.1. The van der Waals surface area contributed by atoms with Crippen LogP contribution in [-0.4, -0.2) is 22.8 Å². The van der Waals surface area contributed by atoms with Crippen molar-refractivity contribution in [3.8, 4) is 34.3 Å². The smallest absolute Gasteiger partial charge is 0.312 e. The Labute approximate surface area is 193 Å². The third-order valence-corrected chi connectivity index (χ3v) is 6.21. The van der Waals surface area contributed by atoms with E-state index in [1.807, 2.05) is 48.5 Å². The summed E-state index contributed by atoms with van der Waals surface area (Å²) in [6.45, 7) is 0.208. The lowest BCUT2D eigenvalue weighted by atomic mass is 9.83. The van der Waals surface area contributed by atoms with Crippen LogP contribution in [0.1, 0.15) is 23.5 Å². The summed E-state index contributed by atoms with van der Waals surface area (Å²) in [6.07, 6.45) is 1.89. The van der Waals surface area contributed by atoms with Gasteiger partial charge in [-0.2, -0.15) is 0 Å². The predicted molar refractivity (Wildman–Crippen MR) is 124 cm³/mol. The van der Waals surface area contributed by atoms with Crippen LogP contribution in [0.4, 0.5) is 0 Å². The molecular weight excluding hydrogens is 436 g/mol. The summed E-state index contributed by atoms with van der Waals surface area (Å²) in [5.74, 6) is -1.71. The van der Waals surface area contributed by atoms with Crippen LogP contribution in [-0.2, 0) is 4.79 Å². The van der Waals surface area contributed by atoms with Gasteiger partial charge < -0.3 is 24.1 Å². The molecule has 4 aromatic rings. The average Bonchev–Trinajstić information content (AvgIpc) is 2.86. The van der Waals surface area contributed by atoms with Gasteiger partial charge >= 0.3 is 5.97 Å². The molecule has 0 saturated heterocycles. The minimum absolute atomic E-state index is 0.0387. The fourth-order valence-corrected chi connectivity index (χ4v) is 4.60. The van der Waals surface area contributed by atoms with Gasteiger partial charge in [-0.3, -0.25) is 9.59 Å². The number of rotatable bonds is 2. The highest BCUT2D eigenvalue weighted by Crippen LogP contribution is 2.52. The molecule has 34 heavy (non-hydrogen) atoms. The highest BCUT2D eigenvalue weighted by atomic mass is 16.5. The number of fused-ring (bicyclic) bond motifs is 4. The number of hydrogen-bond donors (Lipinski definition) is 2. The van der Waals surface area contributed by atoms with Crippen LogP contribution in [0.5, 0.6) is 23.0 Å². The fraction of sp³-hybridized carbons (Fsp3) is 0.111. The van der Waals surface area contributed by atoms with Crippen molar-refractivity contribution in [2.45, 2.75) is 12.3 Å². The van der Waals surface area contributed by atoms with Crippen molar-refractivity contribution >= 4 is 23.0 Å². The Morgan fingerprint density at radius 1 is 0.912 bits per heavy atom. The maximum absolute atomic E-state index is 13.1. The zero-order chi connectivity index (χ0) is 23.4. The van der Waals surface area contributed by atoms with E-state index < -0.39 is 28.8 Å². The molecule has 7 nitrogen and oxygen atoms in total. The summed E-state index contributed by atoms with van der Waals surface area (Å²) in [4.78, 5) is 25.6. The Kier molecular flexibility index (Phi) is 4.45. The number of ether oxygens (including phenoxy) is 2. The molecule has 3 heterocycles. The van der Waals surface area contributed by atoms with Crippen molar-refractivity contribution in [1.82, 2.24) is 0 Å². The van der Waals surface area contributed by atoms with Crippen molar-refractivity contribution in [3.05, 3.63) is 87.6 Å². The monoisotopic (exact) mass is 454 g/mol. The van der Waals surface area contributed by atoms with Gasteiger partial charge in [0.15, 0.2) is 16.9 Å². The molecule has 2 aliphatic heterocycles. The van der Waals surface area contributed by atoms with Gasteiger partial charge in [-0.25, -0.2) is 0 Å². The van der Waals surface area contributed by atoms with Crippen LogP contribution in [0.2, 0.25) is 0 Å². The standard InChI is InChI=1S/C27H18O7/c28-18-12-20(14-6-2-1-3-7-14)33-26-22-17(16-10-15-8-4-5-9-19(15)32-13-16)11-21(29)34-27(22)25(31)24(30)23(18)26/h1-10,12,17,30-31H,11,13H2/t17-/m1/s1. The molecule has 1 atom stereocenters. The van der Waals surface area contributed by atoms with E-state index in [4.69, 9.17) is 13.9 Å². The second-order valence-corrected chi connectivity index (χ2v) is 8.26. The van der Waals surface area contributed by atoms with E-state index in [0.717, 1.165) is 16.9 Å². The lowest BCUT2D eigenvalue weighted by Gasteiger charge is -2.30. The van der Waals surface area contributed by atoms with Crippen LogP contribution < -0.4 is 14.9 Å². The number of benzene rings is 3. The molecule has 0 fully saturated rings. The largest absolute Gasteiger partial charge is 0.504 e.